The van der Waals surface area contributed by atoms with Crippen LogP contribution >= 0.6 is 0 Å². The smallest absolute Gasteiger partial charge is 0.280 e. The first kappa shape index (κ1) is 18.5. The minimum atomic E-state index is -0.725. The number of hydrogen-bond donors (Lipinski definition) is 3. The van der Waals surface area contributed by atoms with Gasteiger partial charge in [-0.25, -0.2) is 4.98 Å². The van der Waals surface area contributed by atoms with Crippen LogP contribution in [0.3, 0.4) is 0 Å². The molecule has 0 aliphatic heterocycles. The molecule has 1 aliphatic rings. The highest BCUT2D eigenvalue weighted by atomic mass is 16.5. The topological polar surface area (TPSA) is 122 Å². The lowest BCUT2D eigenvalue weighted by atomic mass is 10.0. The predicted octanol–water partition coefficient (Wildman–Crippen LogP) is 1.06. The largest absolute Gasteiger partial charge is 0.388 e. The van der Waals surface area contributed by atoms with Crippen molar-refractivity contribution in [2.24, 2.45) is 11.8 Å². The number of aromatic amines is 1. The first-order valence-electron chi connectivity index (χ1n) is 8.85. The number of anilines is 1. The standard InChI is InChI=1S/C17H25N5O4/c1-5-9-6-10(12(23)13(9)26-4)22-7-18-11-14(22)19-17(21-16(11)25)20-15(24)8(2)3/h7-10,12-13,23H,5-6H2,1-4H3,(H2,19,20,21,24,25)/t9-,10+,12-,13+/m0/s1. The van der Waals surface area contributed by atoms with Gasteiger partial charge in [-0.05, 0) is 12.3 Å². The molecule has 0 saturated heterocycles. The number of hydrogen-bond acceptors (Lipinski definition) is 6. The molecule has 1 aliphatic carbocycles. The molecule has 142 valence electrons. The van der Waals surface area contributed by atoms with Crippen LogP contribution < -0.4 is 10.9 Å². The molecule has 1 saturated carbocycles. The summed E-state index contributed by atoms with van der Waals surface area (Å²) in [5, 5.41) is 13.3. The van der Waals surface area contributed by atoms with Crippen molar-refractivity contribution in [3.05, 3.63) is 16.7 Å². The molecule has 3 N–H and O–H groups in total. The van der Waals surface area contributed by atoms with Crippen LogP contribution in [0.15, 0.2) is 11.1 Å². The molecule has 0 unspecified atom stereocenters. The number of ether oxygens (including phenoxy) is 1. The fourth-order valence-corrected chi connectivity index (χ4v) is 3.58. The lowest BCUT2D eigenvalue weighted by Gasteiger charge is -2.21. The third-order valence-electron chi connectivity index (χ3n) is 5.09. The number of aliphatic hydroxyl groups excluding tert-OH is 1. The molecule has 2 heterocycles. The summed E-state index contributed by atoms with van der Waals surface area (Å²) in [4.78, 5) is 35.2. The summed E-state index contributed by atoms with van der Waals surface area (Å²) in [7, 11) is 1.59. The van der Waals surface area contributed by atoms with Crippen LogP contribution in [0.25, 0.3) is 11.2 Å². The van der Waals surface area contributed by atoms with Gasteiger partial charge in [-0.3, -0.25) is 19.9 Å². The van der Waals surface area contributed by atoms with Gasteiger partial charge in [0.15, 0.2) is 11.2 Å². The Morgan fingerprint density at radius 1 is 1.54 bits per heavy atom. The van der Waals surface area contributed by atoms with Crippen LogP contribution in [0.4, 0.5) is 5.95 Å². The Bertz CT molecular complexity index is 858. The number of imidazole rings is 1. The summed E-state index contributed by atoms with van der Waals surface area (Å²) < 4.78 is 7.17. The maximum atomic E-state index is 12.3. The Balaban J connectivity index is 2.01. The lowest BCUT2D eigenvalue weighted by Crippen LogP contribution is -2.31. The van der Waals surface area contributed by atoms with Gasteiger partial charge >= 0.3 is 0 Å². The number of nitrogens with zero attached hydrogens (tertiary/aromatic N) is 3. The second kappa shape index (κ2) is 7.16. The van der Waals surface area contributed by atoms with Gasteiger partial charge in [-0.1, -0.05) is 27.2 Å². The molecule has 4 atom stereocenters. The van der Waals surface area contributed by atoms with E-state index in [1.807, 2.05) is 0 Å². The minimum Gasteiger partial charge on any atom is -0.388 e. The fourth-order valence-electron chi connectivity index (χ4n) is 3.58. The fraction of sp³-hybridized carbons (Fsp3) is 0.647. The number of aromatic nitrogens is 4. The summed E-state index contributed by atoms with van der Waals surface area (Å²) in [5.41, 5.74) is 0.0766. The lowest BCUT2D eigenvalue weighted by molar-refractivity contribution is -0.118. The second-order valence-corrected chi connectivity index (χ2v) is 7.04. The Labute approximate surface area is 150 Å². The van der Waals surface area contributed by atoms with E-state index in [9.17, 15) is 14.7 Å². The molecule has 0 spiro atoms. The average molecular weight is 363 g/mol. The Hall–Kier alpha value is -2.26. The number of nitrogens with one attached hydrogen (secondary N) is 2. The number of rotatable bonds is 5. The van der Waals surface area contributed by atoms with Crippen molar-refractivity contribution in [3.8, 4) is 0 Å². The van der Waals surface area contributed by atoms with Gasteiger partial charge in [0, 0.05) is 13.0 Å². The van der Waals surface area contributed by atoms with Crippen LogP contribution in [0, 0.1) is 11.8 Å². The Kier molecular flexibility index (Phi) is 5.10. The van der Waals surface area contributed by atoms with E-state index in [1.54, 1.807) is 25.5 Å². The van der Waals surface area contributed by atoms with E-state index in [2.05, 4.69) is 27.2 Å². The molecule has 9 nitrogen and oxygen atoms in total. The molecule has 9 heteroatoms. The monoisotopic (exact) mass is 363 g/mol. The molecule has 0 aromatic carbocycles. The number of amides is 1. The minimum absolute atomic E-state index is 0.0748. The van der Waals surface area contributed by atoms with Gasteiger partial charge < -0.3 is 14.4 Å². The predicted molar refractivity (Wildman–Crippen MR) is 95.9 cm³/mol. The molecule has 0 radical (unpaired) electrons. The van der Waals surface area contributed by atoms with Gasteiger partial charge in [0.05, 0.1) is 18.5 Å². The molecule has 2 aromatic heterocycles. The van der Waals surface area contributed by atoms with E-state index in [1.165, 1.54) is 6.33 Å². The van der Waals surface area contributed by atoms with Crippen LogP contribution in [0.5, 0.6) is 0 Å². The zero-order chi connectivity index (χ0) is 19.0. The molecule has 1 fully saturated rings. The summed E-state index contributed by atoms with van der Waals surface area (Å²) >= 11 is 0. The molecule has 3 rings (SSSR count). The van der Waals surface area contributed by atoms with Crippen LogP contribution in [0.2, 0.25) is 0 Å². The number of H-pyrrole nitrogens is 1. The quantitative estimate of drug-likeness (QED) is 0.730. The van der Waals surface area contributed by atoms with Crippen molar-refractivity contribution in [2.75, 3.05) is 12.4 Å². The van der Waals surface area contributed by atoms with Crippen LogP contribution in [0.1, 0.15) is 39.7 Å². The highest BCUT2D eigenvalue weighted by Gasteiger charge is 2.43. The summed E-state index contributed by atoms with van der Waals surface area (Å²) in [6.07, 6.45) is 2.09. The molecule has 2 aromatic rings. The van der Waals surface area contributed by atoms with Crippen molar-refractivity contribution < 1.29 is 14.6 Å². The van der Waals surface area contributed by atoms with E-state index in [0.717, 1.165) is 6.42 Å². The van der Waals surface area contributed by atoms with E-state index < -0.39 is 11.7 Å². The highest BCUT2D eigenvalue weighted by Crippen LogP contribution is 2.39. The number of methoxy groups -OCH3 is 1. The first-order chi connectivity index (χ1) is 12.4. The second-order valence-electron chi connectivity index (χ2n) is 7.04. The first-order valence-corrected chi connectivity index (χ1v) is 8.85. The maximum absolute atomic E-state index is 12.3. The molecular formula is C17H25N5O4. The van der Waals surface area contributed by atoms with E-state index in [0.29, 0.717) is 12.1 Å². The number of carbonyl (C=O) groups is 1. The summed E-state index contributed by atoms with van der Waals surface area (Å²) in [5.74, 6) is -0.208. The van der Waals surface area contributed by atoms with Gasteiger partial charge in [-0.2, -0.15) is 4.98 Å². The average Bonchev–Trinajstić information content (AvgIpc) is 3.15. The Morgan fingerprint density at radius 3 is 2.85 bits per heavy atom. The van der Waals surface area contributed by atoms with Crippen molar-refractivity contribution >= 4 is 23.0 Å². The van der Waals surface area contributed by atoms with E-state index >= 15 is 0 Å². The third kappa shape index (κ3) is 3.12. The molecular weight excluding hydrogens is 338 g/mol. The van der Waals surface area contributed by atoms with Crippen molar-refractivity contribution in [1.29, 1.82) is 0 Å². The molecule has 0 bridgehead atoms. The highest BCUT2D eigenvalue weighted by molar-refractivity contribution is 5.91. The maximum Gasteiger partial charge on any atom is 0.280 e. The SMILES string of the molecule is CC[C@H]1C[C@@H](n2cnc3c(=O)[nH]c(NC(=O)C(C)C)nc32)[C@H](O)[C@@H]1OC. The van der Waals surface area contributed by atoms with Gasteiger partial charge in [0.1, 0.15) is 6.10 Å². The van der Waals surface area contributed by atoms with Crippen molar-refractivity contribution in [2.45, 2.75) is 51.9 Å². The summed E-state index contributed by atoms with van der Waals surface area (Å²) in [6, 6.07) is -0.294. The van der Waals surface area contributed by atoms with Crippen LogP contribution in [-0.4, -0.2) is 49.9 Å². The van der Waals surface area contributed by atoms with Gasteiger partial charge in [0.25, 0.3) is 5.56 Å². The normalized spacial score (nSPS) is 25.9. The van der Waals surface area contributed by atoms with Crippen molar-refractivity contribution in [3.63, 3.8) is 0 Å². The number of fused-ring (bicyclic) bond motifs is 1. The zero-order valence-corrected chi connectivity index (χ0v) is 15.4. The third-order valence-corrected chi connectivity index (χ3v) is 5.09. The van der Waals surface area contributed by atoms with E-state index in [4.69, 9.17) is 4.74 Å². The number of aliphatic hydroxyl groups is 1. The Morgan fingerprint density at radius 2 is 2.27 bits per heavy atom. The van der Waals surface area contributed by atoms with Gasteiger partial charge in [-0.15, -0.1) is 0 Å². The molecule has 1 amide bonds. The van der Waals surface area contributed by atoms with Crippen molar-refractivity contribution in [1.82, 2.24) is 19.5 Å². The number of carbonyl (C=O) groups excluding carboxylic acids is 1. The summed E-state index contributed by atoms with van der Waals surface area (Å²) in [6.45, 7) is 5.56. The van der Waals surface area contributed by atoms with Crippen LogP contribution in [-0.2, 0) is 9.53 Å². The van der Waals surface area contributed by atoms with Gasteiger partial charge in [0.2, 0.25) is 11.9 Å². The van der Waals surface area contributed by atoms with E-state index in [-0.39, 0.29) is 41.4 Å². The zero-order valence-electron chi connectivity index (χ0n) is 15.4. The molecule has 26 heavy (non-hydrogen) atoms.